The Labute approximate surface area is 103 Å². The normalized spacial score (nSPS) is 20.1. The van der Waals surface area contributed by atoms with Crippen molar-refractivity contribution in [3.63, 3.8) is 0 Å². The van der Waals surface area contributed by atoms with Gasteiger partial charge in [-0.05, 0) is 37.4 Å². The topological polar surface area (TPSA) is 30.5 Å². The quantitative estimate of drug-likeness (QED) is 0.766. The van der Waals surface area contributed by atoms with Crippen LogP contribution in [-0.2, 0) is 4.74 Å². The highest BCUT2D eigenvalue weighted by Crippen LogP contribution is 2.10. The number of piperidine rings is 1. The average Bonchev–Trinajstić information content (AvgIpc) is 2.41. The number of hydrogen-bond acceptors (Lipinski definition) is 3. The van der Waals surface area contributed by atoms with E-state index in [2.05, 4.69) is 5.32 Å². The minimum absolute atomic E-state index is 0.629. The molecule has 2 rings (SSSR count). The van der Waals surface area contributed by atoms with E-state index < -0.39 is 0 Å². The molecule has 0 unspecified atom stereocenters. The summed E-state index contributed by atoms with van der Waals surface area (Å²) in [6, 6.07) is 9.86. The molecule has 1 fully saturated rings. The fourth-order valence-corrected chi connectivity index (χ4v) is 2.05. The lowest BCUT2D eigenvalue weighted by Crippen LogP contribution is -2.32. The van der Waals surface area contributed by atoms with E-state index in [9.17, 15) is 0 Å². The number of hydrogen-bond donors (Lipinski definition) is 1. The minimum atomic E-state index is 0.629. The Bertz CT molecular complexity index is 296. The zero-order valence-electron chi connectivity index (χ0n) is 10.2. The van der Waals surface area contributed by atoms with Gasteiger partial charge in [-0.2, -0.15) is 0 Å². The monoisotopic (exact) mass is 235 g/mol. The van der Waals surface area contributed by atoms with E-state index >= 15 is 0 Å². The van der Waals surface area contributed by atoms with Crippen LogP contribution >= 0.6 is 0 Å². The zero-order valence-corrected chi connectivity index (χ0v) is 10.2. The first-order chi connectivity index (χ1) is 8.45. The Morgan fingerprint density at radius 3 is 2.82 bits per heavy atom. The van der Waals surface area contributed by atoms with Crippen molar-refractivity contribution in [2.45, 2.75) is 12.8 Å². The first kappa shape index (κ1) is 12.4. The van der Waals surface area contributed by atoms with E-state index in [-0.39, 0.29) is 0 Å². The maximum atomic E-state index is 5.63. The van der Waals surface area contributed by atoms with E-state index in [1.165, 1.54) is 12.8 Å². The lowest BCUT2D eigenvalue weighted by molar-refractivity contribution is 0.0671. The second kappa shape index (κ2) is 7.30. The van der Waals surface area contributed by atoms with Gasteiger partial charge in [0.1, 0.15) is 12.4 Å². The second-order valence-electron chi connectivity index (χ2n) is 4.45. The van der Waals surface area contributed by atoms with Gasteiger partial charge >= 0.3 is 0 Å². The molecule has 0 bridgehead atoms. The summed E-state index contributed by atoms with van der Waals surface area (Å²) in [4.78, 5) is 0. The van der Waals surface area contributed by atoms with Crippen molar-refractivity contribution < 1.29 is 9.47 Å². The molecule has 17 heavy (non-hydrogen) atoms. The first-order valence-electron chi connectivity index (χ1n) is 6.41. The standard InChI is InChI=1S/C14H21NO2/c1-2-6-14(7-3-1)17-10-9-16-12-13-5-4-8-15-11-13/h1-3,6-7,13,15H,4-5,8-12H2/t13-/m1/s1. The van der Waals surface area contributed by atoms with Gasteiger partial charge in [-0.25, -0.2) is 0 Å². The molecule has 1 aromatic rings. The molecule has 1 saturated heterocycles. The van der Waals surface area contributed by atoms with Crippen LogP contribution in [0.3, 0.4) is 0 Å². The predicted molar refractivity (Wildman–Crippen MR) is 68.3 cm³/mol. The maximum absolute atomic E-state index is 5.63. The van der Waals surface area contributed by atoms with Crippen LogP contribution in [0.15, 0.2) is 30.3 Å². The molecule has 94 valence electrons. The van der Waals surface area contributed by atoms with Crippen molar-refractivity contribution in [2.75, 3.05) is 32.9 Å². The molecule has 1 aliphatic rings. The number of nitrogens with one attached hydrogen (secondary N) is 1. The fourth-order valence-electron chi connectivity index (χ4n) is 2.05. The third-order valence-corrected chi connectivity index (χ3v) is 2.99. The van der Waals surface area contributed by atoms with Crippen molar-refractivity contribution in [2.24, 2.45) is 5.92 Å². The van der Waals surface area contributed by atoms with Crippen LogP contribution in [0.2, 0.25) is 0 Å². The molecule has 1 aromatic carbocycles. The van der Waals surface area contributed by atoms with Crippen molar-refractivity contribution in [3.05, 3.63) is 30.3 Å². The van der Waals surface area contributed by atoms with Gasteiger partial charge in [0.05, 0.1) is 13.2 Å². The van der Waals surface area contributed by atoms with Gasteiger partial charge in [0.25, 0.3) is 0 Å². The van der Waals surface area contributed by atoms with Crippen LogP contribution in [0.25, 0.3) is 0 Å². The summed E-state index contributed by atoms with van der Waals surface area (Å²) in [5.41, 5.74) is 0. The van der Waals surface area contributed by atoms with Crippen molar-refractivity contribution in [1.29, 1.82) is 0 Å². The lowest BCUT2D eigenvalue weighted by atomic mass is 10.0. The summed E-state index contributed by atoms with van der Waals surface area (Å²) in [5.74, 6) is 1.59. The van der Waals surface area contributed by atoms with Gasteiger partial charge in [0.2, 0.25) is 0 Å². The van der Waals surface area contributed by atoms with Gasteiger partial charge in [0.15, 0.2) is 0 Å². The van der Waals surface area contributed by atoms with E-state index in [4.69, 9.17) is 9.47 Å². The summed E-state index contributed by atoms with van der Waals surface area (Å²) in [5, 5.41) is 3.39. The van der Waals surface area contributed by atoms with Crippen molar-refractivity contribution >= 4 is 0 Å². The van der Waals surface area contributed by atoms with Crippen LogP contribution in [0.5, 0.6) is 5.75 Å². The summed E-state index contributed by atoms with van der Waals surface area (Å²) < 4.78 is 11.2. The molecule has 0 aliphatic carbocycles. The Morgan fingerprint density at radius 2 is 2.06 bits per heavy atom. The van der Waals surface area contributed by atoms with E-state index in [1.54, 1.807) is 0 Å². The minimum Gasteiger partial charge on any atom is -0.491 e. The third-order valence-electron chi connectivity index (χ3n) is 2.99. The van der Waals surface area contributed by atoms with Gasteiger partial charge in [-0.15, -0.1) is 0 Å². The Kier molecular flexibility index (Phi) is 5.33. The Balaban J connectivity index is 1.51. The van der Waals surface area contributed by atoms with Gasteiger partial charge in [-0.3, -0.25) is 0 Å². The lowest BCUT2D eigenvalue weighted by Gasteiger charge is -2.22. The number of rotatable bonds is 6. The Hall–Kier alpha value is -1.06. The molecule has 0 radical (unpaired) electrons. The average molecular weight is 235 g/mol. The number of benzene rings is 1. The van der Waals surface area contributed by atoms with Crippen LogP contribution in [0.4, 0.5) is 0 Å². The number of para-hydroxylation sites is 1. The largest absolute Gasteiger partial charge is 0.491 e. The van der Waals surface area contributed by atoms with Gasteiger partial charge in [0, 0.05) is 6.54 Å². The van der Waals surface area contributed by atoms with E-state index in [0.29, 0.717) is 19.1 Å². The van der Waals surface area contributed by atoms with E-state index in [1.807, 2.05) is 30.3 Å². The Morgan fingerprint density at radius 1 is 1.18 bits per heavy atom. The van der Waals surface area contributed by atoms with Crippen LogP contribution in [0, 0.1) is 5.92 Å². The molecule has 3 heteroatoms. The van der Waals surface area contributed by atoms with Crippen LogP contribution in [0.1, 0.15) is 12.8 Å². The highest BCUT2D eigenvalue weighted by Gasteiger charge is 2.12. The molecule has 0 aromatic heterocycles. The highest BCUT2D eigenvalue weighted by molar-refractivity contribution is 5.20. The van der Waals surface area contributed by atoms with Crippen LogP contribution in [-0.4, -0.2) is 32.9 Å². The summed E-state index contributed by atoms with van der Waals surface area (Å²) >= 11 is 0. The van der Waals surface area contributed by atoms with Crippen molar-refractivity contribution in [3.8, 4) is 5.75 Å². The molecule has 0 spiro atoms. The molecule has 0 saturated carbocycles. The first-order valence-corrected chi connectivity index (χ1v) is 6.41. The maximum Gasteiger partial charge on any atom is 0.119 e. The molecule has 1 heterocycles. The number of ether oxygens (including phenoxy) is 2. The molecule has 1 atom stereocenters. The van der Waals surface area contributed by atoms with Crippen molar-refractivity contribution in [1.82, 2.24) is 5.32 Å². The van der Waals surface area contributed by atoms with Gasteiger partial charge < -0.3 is 14.8 Å². The fraction of sp³-hybridized carbons (Fsp3) is 0.571. The third kappa shape index (κ3) is 4.75. The van der Waals surface area contributed by atoms with E-state index in [0.717, 1.165) is 25.4 Å². The molecule has 3 nitrogen and oxygen atoms in total. The second-order valence-corrected chi connectivity index (χ2v) is 4.45. The smallest absolute Gasteiger partial charge is 0.119 e. The summed E-state index contributed by atoms with van der Waals surface area (Å²) in [6.07, 6.45) is 2.56. The SMILES string of the molecule is c1ccc(OCCOC[C@@H]2CCCNC2)cc1. The predicted octanol–water partition coefficient (Wildman–Crippen LogP) is 2.08. The molecular formula is C14H21NO2. The molecule has 0 amide bonds. The molecule has 1 N–H and O–H groups in total. The highest BCUT2D eigenvalue weighted by atomic mass is 16.5. The zero-order chi connectivity index (χ0) is 11.8. The van der Waals surface area contributed by atoms with Gasteiger partial charge in [-0.1, -0.05) is 18.2 Å². The summed E-state index contributed by atoms with van der Waals surface area (Å²) in [7, 11) is 0. The molecular weight excluding hydrogens is 214 g/mol. The molecule has 1 aliphatic heterocycles. The summed E-state index contributed by atoms with van der Waals surface area (Å²) in [6.45, 7) is 4.41. The van der Waals surface area contributed by atoms with Crippen LogP contribution < -0.4 is 10.1 Å².